The summed E-state index contributed by atoms with van der Waals surface area (Å²) in [6, 6.07) is 10.7. The lowest BCUT2D eigenvalue weighted by molar-refractivity contribution is 0.0946. The van der Waals surface area contributed by atoms with E-state index in [1.165, 1.54) is 7.11 Å². The van der Waals surface area contributed by atoms with Gasteiger partial charge in [-0.3, -0.25) is 9.20 Å². The lowest BCUT2D eigenvalue weighted by atomic mass is 10.2. The zero-order valence-electron chi connectivity index (χ0n) is 15.4. The molecule has 0 radical (unpaired) electrons. The molecule has 4 rings (SSSR count). The van der Waals surface area contributed by atoms with Gasteiger partial charge < -0.3 is 14.6 Å². The molecule has 28 heavy (non-hydrogen) atoms. The van der Waals surface area contributed by atoms with Crippen LogP contribution in [0.5, 0.6) is 5.75 Å². The average Bonchev–Trinajstić information content (AvgIpc) is 3.38. The van der Waals surface area contributed by atoms with Gasteiger partial charge in [0.2, 0.25) is 0 Å². The molecule has 4 aromatic rings. The Balaban J connectivity index is 1.58. The Morgan fingerprint density at radius 3 is 2.86 bits per heavy atom. The van der Waals surface area contributed by atoms with Gasteiger partial charge in [-0.2, -0.15) is 4.98 Å². The molecule has 142 valence electrons. The number of aromatic nitrogens is 5. The third-order valence-corrected chi connectivity index (χ3v) is 4.28. The zero-order chi connectivity index (χ0) is 19.5. The highest BCUT2D eigenvalue weighted by molar-refractivity contribution is 5.96. The minimum Gasteiger partial charge on any atom is -0.496 e. The van der Waals surface area contributed by atoms with Crippen molar-refractivity contribution in [1.82, 2.24) is 30.1 Å². The molecule has 0 unspecified atom stereocenters. The summed E-state index contributed by atoms with van der Waals surface area (Å²) in [5.41, 5.74) is 1.72. The maximum absolute atomic E-state index is 12.5. The van der Waals surface area contributed by atoms with Crippen molar-refractivity contribution in [3.05, 3.63) is 59.8 Å². The van der Waals surface area contributed by atoms with Crippen LogP contribution in [0.2, 0.25) is 0 Å². The first-order valence-electron chi connectivity index (χ1n) is 8.78. The van der Waals surface area contributed by atoms with Gasteiger partial charge >= 0.3 is 0 Å². The fraction of sp³-hybridized carbons (Fsp3) is 0.211. The predicted molar refractivity (Wildman–Crippen MR) is 99.8 cm³/mol. The normalized spacial score (nSPS) is 10.9. The second kappa shape index (κ2) is 7.47. The first-order chi connectivity index (χ1) is 13.7. The third kappa shape index (κ3) is 3.18. The molecule has 0 fully saturated rings. The van der Waals surface area contributed by atoms with Gasteiger partial charge in [0.05, 0.1) is 24.8 Å². The number of rotatable bonds is 6. The van der Waals surface area contributed by atoms with Crippen LogP contribution in [0.25, 0.3) is 17.1 Å². The van der Waals surface area contributed by atoms with Crippen molar-refractivity contribution in [2.75, 3.05) is 7.11 Å². The van der Waals surface area contributed by atoms with E-state index in [0.717, 1.165) is 0 Å². The number of carbonyl (C=O) groups excluding carboxylic acids is 1. The molecule has 0 saturated carbocycles. The van der Waals surface area contributed by atoms with Crippen LogP contribution < -0.4 is 10.1 Å². The molecule has 9 heteroatoms. The van der Waals surface area contributed by atoms with E-state index in [4.69, 9.17) is 9.26 Å². The fourth-order valence-electron chi connectivity index (χ4n) is 2.85. The second-order valence-electron chi connectivity index (χ2n) is 5.98. The summed E-state index contributed by atoms with van der Waals surface area (Å²) in [6.07, 6.45) is 2.50. The lowest BCUT2D eigenvalue weighted by Gasteiger charge is -2.08. The van der Waals surface area contributed by atoms with Gasteiger partial charge in [0.15, 0.2) is 17.3 Å². The number of nitrogens with zero attached hydrogens (tertiary/aromatic N) is 5. The molecule has 1 aromatic carbocycles. The minimum atomic E-state index is -0.255. The number of benzene rings is 1. The van der Waals surface area contributed by atoms with Crippen LogP contribution >= 0.6 is 0 Å². The minimum absolute atomic E-state index is 0.200. The standard InChI is InChI=1S/C19H18N6O3/c1-3-15-21-19(28-24-15)13-8-6-10-25-16(22-23-17(13)25)11-20-18(26)12-7-4-5-9-14(12)27-2/h4-10H,3,11H2,1-2H3,(H,20,26). The largest absolute Gasteiger partial charge is 0.496 e. The molecule has 0 saturated heterocycles. The van der Waals surface area contributed by atoms with Gasteiger partial charge in [0, 0.05) is 12.6 Å². The Hall–Kier alpha value is -3.75. The number of aryl methyl sites for hydroxylation is 1. The number of methoxy groups -OCH3 is 1. The van der Waals surface area contributed by atoms with E-state index in [1.54, 1.807) is 22.6 Å². The summed E-state index contributed by atoms with van der Waals surface area (Å²) in [4.78, 5) is 16.8. The van der Waals surface area contributed by atoms with Crippen LogP contribution in [0.1, 0.15) is 28.9 Å². The maximum atomic E-state index is 12.5. The summed E-state index contributed by atoms with van der Waals surface area (Å²) in [6.45, 7) is 2.15. The summed E-state index contributed by atoms with van der Waals surface area (Å²) in [5.74, 6) is 1.85. The SMILES string of the molecule is CCc1noc(-c2cccn3c(CNC(=O)c4ccccc4OC)nnc23)n1. The van der Waals surface area contributed by atoms with E-state index in [9.17, 15) is 4.79 Å². The number of carbonyl (C=O) groups is 1. The molecule has 0 aliphatic rings. The Kier molecular flexibility index (Phi) is 4.71. The quantitative estimate of drug-likeness (QED) is 0.548. The van der Waals surface area contributed by atoms with Crippen molar-refractivity contribution in [2.24, 2.45) is 0 Å². The molecule has 0 spiro atoms. The first-order valence-corrected chi connectivity index (χ1v) is 8.78. The predicted octanol–water partition coefficient (Wildman–Crippen LogP) is 2.28. The Bertz CT molecular complexity index is 1130. The van der Waals surface area contributed by atoms with Gasteiger partial charge in [0.1, 0.15) is 5.75 Å². The smallest absolute Gasteiger partial charge is 0.261 e. The van der Waals surface area contributed by atoms with Gasteiger partial charge in [0.25, 0.3) is 11.8 Å². The van der Waals surface area contributed by atoms with Crippen LogP contribution in [0.3, 0.4) is 0 Å². The number of para-hydroxylation sites is 1. The third-order valence-electron chi connectivity index (χ3n) is 4.28. The van der Waals surface area contributed by atoms with Crippen molar-refractivity contribution >= 4 is 11.6 Å². The van der Waals surface area contributed by atoms with E-state index in [-0.39, 0.29) is 12.5 Å². The number of ether oxygens (including phenoxy) is 1. The molecular formula is C19H18N6O3. The van der Waals surface area contributed by atoms with Crippen LogP contribution in [0.4, 0.5) is 0 Å². The summed E-state index contributed by atoms with van der Waals surface area (Å²) < 4.78 is 12.3. The van der Waals surface area contributed by atoms with Crippen molar-refractivity contribution in [2.45, 2.75) is 19.9 Å². The molecule has 1 N–H and O–H groups in total. The van der Waals surface area contributed by atoms with Gasteiger partial charge in [-0.1, -0.05) is 24.2 Å². The highest BCUT2D eigenvalue weighted by Gasteiger charge is 2.17. The Morgan fingerprint density at radius 1 is 1.21 bits per heavy atom. The summed E-state index contributed by atoms with van der Waals surface area (Å²) >= 11 is 0. The number of fused-ring (bicyclic) bond motifs is 1. The number of amides is 1. The van der Waals surface area contributed by atoms with E-state index >= 15 is 0 Å². The average molecular weight is 378 g/mol. The summed E-state index contributed by atoms with van der Waals surface area (Å²) in [5, 5.41) is 15.2. The van der Waals surface area contributed by atoms with Crippen molar-refractivity contribution in [1.29, 1.82) is 0 Å². The van der Waals surface area contributed by atoms with Crippen molar-refractivity contribution in [3.8, 4) is 17.2 Å². The Morgan fingerprint density at radius 2 is 2.07 bits per heavy atom. The molecule has 3 heterocycles. The van der Waals surface area contributed by atoms with Crippen molar-refractivity contribution in [3.63, 3.8) is 0 Å². The van der Waals surface area contributed by atoms with Gasteiger partial charge in [-0.05, 0) is 24.3 Å². The maximum Gasteiger partial charge on any atom is 0.261 e. The van der Waals surface area contributed by atoms with Crippen LogP contribution in [-0.4, -0.2) is 37.8 Å². The topological polar surface area (TPSA) is 107 Å². The van der Waals surface area contributed by atoms with Crippen LogP contribution in [-0.2, 0) is 13.0 Å². The van der Waals surface area contributed by atoms with E-state index in [0.29, 0.717) is 46.5 Å². The van der Waals surface area contributed by atoms with Crippen LogP contribution in [0.15, 0.2) is 47.1 Å². The number of nitrogens with one attached hydrogen (secondary N) is 1. The molecule has 0 bridgehead atoms. The first kappa shape index (κ1) is 17.7. The highest BCUT2D eigenvalue weighted by Crippen LogP contribution is 2.22. The molecule has 3 aromatic heterocycles. The van der Waals surface area contributed by atoms with Crippen molar-refractivity contribution < 1.29 is 14.1 Å². The lowest BCUT2D eigenvalue weighted by Crippen LogP contribution is -2.24. The highest BCUT2D eigenvalue weighted by atomic mass is 16.5. The van der Waals surface area contributed by atoms with Crippen LogP contribution in [0, 0.1) is 0 Å². The molecule has 0 atom stereocenters. The molecule has 0 aliphatic heterocycles. The Labute approximate surface area is 160 Å². The zero-order valence-corrected chi connectivity index (χ0v) is 15.4. The van der Waals surface area contributed by atoms with E-state index in [1.807, 2.05) is 31.3 Å². The number of hydrogen-bond donors (Lipinski definition) is 1. The van der Waals surface area contributed by atoms with Gasteiger partial charge in [-0.15, -0.1) is 10.2 Å². The monoisotopic (exact) mass is 378 g/mol. The molecular weight excluding hydrogens is 360 g/mol. The van der Waals surface area contributed by atoms with E-state index < -0.39 is 0 Å². The van der Waals surface area contributed by atoms with E-state index in [2.05, 4.69) is 25.7 Å². The second-order valence-corrected chi connectivity index (χ2v) is 5.98. The number of hydrogen-bond acceptors (Lipinski definition) is 7. The molecule has 0 aliphatic carbocycles. The fourth-order valence-corrected chi connectivity index (χ4v) is 2.85. The molecule has 9 nitrogen and oxygen atoms in total. The summed E-state index contributed by atoms with van der Waals surface area (Å²) in [7, 11) is 1.53. The molecule has 1 amide bonds. The van der Waals surface area contributed by atoms with Gasteiger partial charge in [-0.25, -0.2) is 0 Å². The number of pyridine rings is 1.